The highest BCUT2D eigenvalue weighted by Gasteiger charge is 2.14. The van der Waals surface area contributed by atoms with Crippen molar-refractivity contribution in [3.63, 3.8) is 0 Å². The molecule has 0 heterocycles. The van der Waals surface area contributed by atoms with Crippen molar-refractivity contribution >= 4 is 0 Å². The van der Waals surface area contributed by atoms with Gasteiger partial charge < -0.3 is 11.5 Å². The normalized spacial score (nSPS) is 15.0. The Balaban J connectivity index is 3.38. The Bertz CT molecular complexity index is 97.7. The van der Waals surface area contributed by atoms with E-state index in [0.717, 1.165) is 13.0 Å². The summed E-state index contributed by atoms with van der Waals surface area (Å²) in [5.74, 6) is 0. The van der Waals surface area contributed by atoms with Gasteiger partial charge in [-0.2, -0.15) is 0 Å². The minimum absolute atomic E-state index is 0.300. The Kier molecular flexibility index (Phi) is 4.69. The third kappa shape index (κ3) is 6.32. The lowest BCUT2D eigenvalue weighted by molar-refractivity contribution is 0.328. The summed E-state index contributed by atoms with van der Waals surface area (Å²) in [5.41, 5.74) is 11.5. The minimum atomic E-state index is 0.300. The first-order valence-corrected chi connectivity index (χ1v) is 4.43. The third-order valence-corrected chi connectivity index (χ3v) is 2.07. The van der Waals surface area contributed by atoms with E-state index in [1.54, 1.807) is 0 Å². The standard InChI is InChI=1S/C9H22N2/c1-8(11)5-4-6-9(2,3)7-10/h8H,4-7,10-11H2,1-3H3. The van der Waals surface area contributed by atoms with Gasteiger partial charge >= 0.3 is 0 Å². The van der Waals surface area contributed by atoms with Gasteiger partial charge in [-0.1, -0.05) is 20.3 Å². The van der Waals surface area contributed by atoms with E-state index in [0.29, 0.717) is 11.5 Å². The third-order valence-electron chi connectivity index (χ3n) is 2.07. The van der Waals surface area contributed by atoms with E-state index in [1.165, 1.54) is 12.8 Å². The first-order chi connectivity index (χ1) is 4.98. The van der Waals surface area contributed by atoms with Crippen LogP contribution < -0.4 is 11.5 Å². The molecule has 2 heteroatoms. The molecule has 0 aromatic heterocycles. The summed E-state index contributed by atoms with van der Waals surface area (Å²) in [6, 6.07) is 0.337. The summed E-state index contributed by atoms with van der Waals surface area (Å²) in [7, 11) is 0. The maximum atomic E-state index is 5.63. The summed E-state index contributed by atoms with van der Waals surface area (Å²) in [5, 5.41) is 0. The maximum absolute atomic E-state index is 5.63. The van der Waals surface area contributed by atoms with Crippen LogP contribution in [0.1, 0.15) is 40.0 Å². The monoisotopic (exact) mass is 158 g/mol. The molecule has 11 heavy (non-hydrogen) atoms. The minimum Gasteiger partial charge on any atom is -0.330 e. The van der Waals surface area contributed by atoms with Crippen LogP contribution in [0.3, 0.4) is 0 Å². The molecule has 2 nitrogen and oxygen atoms in total. The fraction of sp³-hybridized carbons (Fsp3) is 1.00. The van der Waals surface area contributed by atoms with E-state index in [2.05, 4.69) is 20.8 Å². The number of hydrogen-bond acceptors (Lipinski definition) is 2. The largest absolute Gasteiger partial charge is 0.330 e. The SMILES string of the molecule is CC(N)CCCC(C)(C)CN. The predicted octanol–water partition coefficient (Wildman–Crippen LogP) is 1.49. The van der Waals surface area contributed by atoms with Crippen molar-refractivity contribution in [2.75, 3.05) is 6.54 Å². The molecule has 0 bridgehead atoms. The lowest BCUT2D eigenvalue weighted by Gasteiger charge is -2.22. The van der Waals surface area contributed by atoms with Crippen molar-refractivity contribution in [3.8, 4) is 0 Å². The van der Waals surface area contributed by atoms with Gasteiger partial charge in [-0.15, -0.1) is 0 Å². The second-order valence-corrected chi connectivity index (χ2v) is 4.24. The molecule has 0 aromatic carbocycles. The summed E-state index contributed by atoms with van der Waals surface area (Å²) in [4.78, 5) is 0. The number of rotatable bonds is 5. The van der Waals surface area contributed by atoms with Gasteiger partial charge in [-0.05, 0) is 31.7 Å². The van der Waals surface area contributed by atoms with Crippen LogP contribution >= 0.6 is 0 Å². The van der Waals surface area contributed by atoms with Crippen LogP contribution in [0, 0.1) is 5.41 Å². The van der Waals surface area contributed by atoms with Gasteiger partial charge in [0.05, 0.1) is 0 Å². The van der Waals surface area contributed by atoms with Crippen molar-refractivity contribution in [1.82, 2.24) is 0 Å². The molecule has 0 saturated heterocycles. The first kappa shape index (κ1) is 10.9. The van der Waals surface area contributed by atoms with E-state index >= 15 is 0 Å². The number of nitrogens with two attached hydrogens (primary N) is 2. The van der Waals surface area contributed by atoms with Crippen molar-refractivity contribution in [2.45, 2.75) is 46.1 Å². The molecule has 0 fully saturated rings. The molecule has 0 radical (unpaired) electrons. The topological polar surface area (TPSA) is 52.0 Å². The second-order valence-electron chi connectivity index (χ2n) is 4.24. The molecule has 0 rings (SSSR count). The van der Waals surface area contributed by atoms with E-state index in [4.69, 9.17) is 11.5 Å². The Hall–Kier alpha value is -0.0800. The van der Waals surface area contributed by atoms with E-state index in [1.807, 2.05) is 0 Å². The van der Waals surface area contributed by atoms with E-state index in [9.17, 15) is 0 Å². The lowest BCUT2D eigenvalue weighted by atomic mass is 9.87. The first-order valence-electron chi connectivity index (χ1n) is 4.43. The van der Waals surface area contributed by atoms with E-state index in [-0.39, 0.29) is 0 Å². The Morgan fingerprint density at radius 1 is 1.36 bits per heavy atom. The molecule has 0 aliphatic carbocycles. The summed E-state index contributed by atoms with van der Waals surface area (Å²) in [6.45, 7) is 7.23. The average molecular weight is 158 g/mol. The van der Waals surface area contributed by atoms with Gasteiger partial charge in [0.15, 0.2) is 0 Å². The zero-order chi connectivity index (χ0) is 8.91. The fourth-order valence-corrected chi connectivity index (χ4v) is 1.00. The van der Waals surface area contributed by atoms with Crippen LogP contribution in [0.15, 0.2) is 0 Å². The van der Waals surface area contributed by atoms with Crippen molar-refractivity contribution in [1.29, 1.82) is 0 Å². The van der Waals surface area contributed by atoms with Crippen LogP contribution in [0.25, 0.3) is 0 Å². The highest BCUT2D eigenvalue weighted by molar-refractivity contribution is 4.69. The quantitative estimate of drug-likeness (QED) is 0.637. The molecular weight excluding hydrogens is 136 g/mol. The fourth-order valence-electron chi connectivity index (χ4n) is 1.00. The number of hydrogen-bond donors (Lipinski definition) is 2. The molecule has 0 aliphatic heterocycles. The van der Waals surface area contributed by atoms with Crippen molar-refractivity contribution in [2.24, 2.45) is 16.9 Å². The molecule has 4 N–H and O–H groups in total. The summed E-state index contributed by atoms with van der Waals surface area (Å²) < 4.78 is 0. The van der Waals surface area contributed by atoms with Crippen LogP contribution in [-0.2, 0) is 0 Å². The van der Waals surface area contributed by atoms with Crippen molar-refractivity contribution in [3.05, 3.63) is 0 Å². The molecule has 1 unspecified atom stereocenters. The highest BCUT2D eigenvalue weighted by atomic mass is 14.6. The average Bonchev–Trinajstić information content (AvgIpc) is 1.87. The maximum Gasteiger partial charge on any atom is 0.00104 e. The molecule has 1 atom stereocenters. The smallest absolute Gasteiger partial charge is 0.00104 e. The Morgan fingerprint density at radius 3 is 2.27 bits per heavy atom. The Morgan fingerprint density at radius 2 is 1.91 bits per heavy atom. The van der Waals surface area contributed by atoms with Gasteiger partial charge in [0.2, 0.25) is 0 Å². The molecular formula is C9H22N2. The summed E-state index contributed by atoms with van der Waals surface area (Å²) >= 11 is 0. The van der Waals surface area contributed by atoms with Gasteiger partial charge in [-0.25, -0.2) is 0 Å². The molecule has 0 aromatic rings. The molecule has 0 amide bonds. The van der Waals surface area contributed by atoms with Gasteiger partial charge in [0.25, 0.3) is 0 Å². The predicted molar refractivity (Wildman–Crippen MR) is 50.3 cm³/mol. The van der Waals surface area contributed by atoms with Crippen molar-refractivity contribution < 1.29 is 0 Å². The van der Waals surface area contributed by atoms with Crippen LogP contribution in [-0.4, -0.2) is 12.6 Å². The van der Waals surface area contributed by atoms with Gasteiger partial charge in [0.1, 0.15) is 0 Å². The summed E-state index contributed by atoms with van der Waals surface area (Å²) in [6.07, 6.45) is 3.50. The van der Waals surface area contributed by atoms with Gasteiger partial charge in [-0.3, -0.25) is 0 Å². The Labute approximate surface area is 70.3 Å². The van der Waals surface area contributed by atoms with Crippen LogP contribution in [0.5, 0.6) is 0 Å². The molecule has 0 aliphatic rings. The van der Waals surface area contributed by atoms with Gasteiger partial charge in [0, 0.05) is 6.04 Å². The lowest BCUT2D eigenvalue weighted by Crippen LogP contribution is -2.24. The zero-order valence-electron chi connectivity index (χ0n) is 8.06. The molecule has 68 valence electrons. The van der Waals surface area contributed by atoms with E-state index < -0.39 is 0 Å². The second kappa shape index (κ2) is 4.73. The highest BCUT2D eigenvalue weighted by Crippen LogP contribution is 2.21. The van der Waals surface area contributed by atoms with Crippen LogP contribution in [0.4, 0.5) is 0 Å². The zero-order valence-corrected chi connectivity index (χ0v) is 8.06. The molecule has 0 spiro atoms. The van der Waals surface area contributed by atoms with Crippen LogP contribution in [0.2, 0.25) is 0 Å². The molecule has 0 saturated carbocycles.